The van der Waals surface area contributed by atoms with Crippen LogP contribution in [-0.4, -0.2) is 29.0 Å². The number of nitrogens with one attached hydrogen (secondary N) is 1. The minimum atomic E-state index is -0.162. The van der Waals surface area contributed by atoms with Crippen molar-refractivity contribution >= 4 is 22.4 Å². The first-order valence-corrected chi connectivity index (χ1v) is 5.90. The van der Waals surface area contributed by atoms with Crippen LogP contribution in [0.3, 0.4) is 0 Å². The van der Waals surface area contributed by atoms with E-state index in [1.54, 1.807) is 5.38 Å². The molecule has 1 amide bonds. The van der Waals surface area contributed by atoms with E-state index in [9.17, 15) is 4.79 Å². The molecule has 6 heteroatoms. The van der Waals surface area contributed by atoms with E-state index in [4.69, 9.17) is 5.73 Å². The molecule has 0 saturated carbocycles. The zero-order chi connectivity index (χ0) is 10.7. The van der Waals surface area contributed by atoms with Crippen molar-refractivity contribution in [2.45, 2.75) is 19.3 Å². The molecule has 0 aliphatic carbocycles. The number of piperidine rings is 1. The molecule has 0 aromatic carbocycles. The molecule has 0 atom stereocenters. The lowest BCUT2D eigenvalue weighted by molar-refractivity contribution is 0.0745. The number of hydrogen-bond donors (Lipinski definition) is 2. The third kappa shape index (κ3) is 2.66. The summed E-state index contributed by atoms with van der Waals surface area (Å²) < 4.78 is 0. The topological polar surface area (TPSA) is 71.2 Å². The predicted molar refractivity (Wildman–Crippen MR) is 59.4 cm³/mol. The Morgan fingerprint density at radius 1 is 1.47 bits per heavy atom. The molecule has 1 aromatic rings. The summed E-state index contributed by atoms with van der Waals surface area (Å²) in [5.74, 6) is -0.162. The van der Waals surface area contributed by atoms with E-state index in [1.165, 1.54) is 17.8 Å². The number of hydrogen-bond acceptors (Lipinski definition) is 5. The zero-order valence-corrected chi connectivity index (χ0v) is 9.22. The molecular weight excluding hydrogens is 212 g/mol. The Hall–Kier alpha value is -1.14. The fraction of sp³-hybridized carbons (Fsp3) is 0.556. The molecule has 82 valence electrons. The molecule has 5 nitrogen and oxygen atoms in total. The molecule has 2 heterocycles. The smallest absolute Gasteiger partial charge is 0.285 e. The Balaban J connectivity index is 1.91. The van der Waals surface area contributed by atoms with Crippen LogP contribution < -0.4 is 11.2 Å². The molecule has 1 aliphatic rings. The molecule has 3 N–H and O–H groups in total. The van der Waals surface area contributed by atoms with Crippen LogP contribution in [0.5, 0.6) is 0 Å². The molecule has 1 fully saturated rings. The van der Waals surface area contributed by atoms with Crippen molar-refractivity contribution in [3.63, 3.8) is 0 Å². The van der Waals surface area contributed by atoms with E-state index < -0.39 is 0 Å². The number of rotatable bonds is 2. The van der Waals surface area contributed by atoms with E-state index in [0.29, 0.717) is 10.8 Å². The van der Waals surface area contributed by atoms with Crippen LogP contribution in [0.4, 0.5) is 5.13 Å². The first kappa shape index (κ1) is 10.4. The van der Waals surface area contributed by atoms with E-state index in [1.807, 2.05) is 5.01 Å². The number of nitrogen functional groups attached to an aromatic ring is 1. The average Bonchev–Trinajstić information content (AvgIpc) is 2.66. The molecule has 2 rings (SSSR count). The number of aromatic nitrogens is 1. The van der Waals surface area contributed by atoms with Gasteiger partial charge in [-0.15, -0.1) is 11.3 Å². The molecular formula is C9H14N4OS. The minimum Gasteiger partial charge on any atom is -0.375 e. The van der Waals surface area contributed by atoms with Crippen molar-refractivity contribution in [3.05, 3.63) is 11.1 Å². The predicted octanol–water partition coefficient (Wildman–Crippen LogP) is 0.856. The second-order valence-electron chi connectivity index (χ2n) is 3.56. The molecule has 0 spiro atoms. The van der Waals surface area contributed by atoms with Crippen LogP contribution in [0.25, 0.3) is 0 Å². The van der Waals surface area contributed by atoms with Crippen molar-refractivity contribution in [3.8, 4) is 0 Å². The third-order valence-electron chi connectivity index (χ3n) is 2.37. The molecule has 1 aliphatic heterocycles. The van der Waals surface area contributed by atoms with Gasteiger partial charge in [-0.3, -0.25) is 10.2 Å². The SMILES string of the molecule is Nc1nc(C(=O)NN2CCCCC2)cs1. The highest BCUT2D eigenvalue weighted by Crippen LogP contribution is 2.11. The highest BCUT2D eigenvalue weighted by Gasteiger charge is 2.15. The first-order valence-electron chi connectivity index (χ1n) is 5.02. The second-order valence-corrected chi connectivity index (χ2v) is 4.45. The Kier molecular flexibility index (Phi) is 3.17. The number of carbonyl (C=O) groups is 1. The lowest BCUT2D eigenvalue weighted by Crippen LogP contribution is -2.45. The number of amides is 1. The van der Waals surface area contributed by atoms with Crippen molar-refractivity contribution in [1.82, 2.24) is 15.4 Å². The van der Waals surface area contributed by atoms with Crippen LogP contribution in [0, 0.1) is 0 Å². The van der Waals surface area contributed by atoms with E-state index in [2.05, 4.69) is 10.4 Å². The van der Waals surface area contributed by atoms with Crippen LogP contribution >= 0.6 is 11.3 Å². The first-order chi connectivity index (χ1) is 7.25. The Labute approximate surface area is 92.3 Å². The van der Waals surface area contributed by atoms with Gasteiger partial charge in [-0.25, -0.2) is 9.99 Å². The summed E-state index contributed by atoms with van der Waals surface area (Å²) in [4.78, 5) is 15.6. The van der Waals surface area contributed by atoms with Gasteiger partial charge in [0.15, 0.2) is 5.13 Å². The lowest BCUT2D eigenvalue weighted by Gasteiger charge is -2.26. The van der Waals surface area contributed by atoms with Gasteiger partial charge in [-0.05, 0) is 12.8 Å². The van der Waals surface area contributed by atoms with Crippen LogP contribution in [-0.2, 0) is 0 Å². The van der Waals surface area contributed by atoms with Crippen molar-refractivity contribution in [1.29, 1.82) is 0 Å². The van der Waals surface area contributed by atoms with Gasteiger partial charge in [0.1, 0.15) is 5.69 Å². The number of thiazole rings is 1. The zero-order valence-electron chi connectivity index (χ0n) is 8.40. The second kappa shape index (κ2) is 4.59. The fourth-order valence-corrected chi connectivity index (χ4v) is 2.14. The number of carbonyl (C=O) groups excluding carboxylic acids is 1. The maximum absolute atomic E-state index is 11.7. The summed E-state index contributed by atoms with van der Waals surface area (Å²) in [6.07, 6.45) is 3.52. The van der Waals surface area contributed by atoms with Gasteiger partial charge < -0.3 is 5.73 Å². The lowest BCUT2D eigenvalue weighted by atomic mass is 10.2. The molecule has 1 saturated heterocycles. The van der Waals surface area contributed by atoms with Gasteiger partial charge in [0.05, 0.1) is 0 Å². The monoisotopic (exact) mass is 226 g/mol. The maximum atomic E-state index is 11.7. The molecule has 0 bridgehead atoms. The molecule has 1 aromatic heterocycles. The quantitative estimate of drug-likeness (QED) is 0.784. The Morgan fingerprint density at radius 3 is 2.80 bits per heavy atom. The summed E-state index contributed by atoms with van der Waals surface area (Å²) in [6.45, 7) is 1.84. The van der Waals surface area contributed by atoms with Gasteiger partial charge >= 0.3 is 0 Å². The van der Waals surface area contributed by atoms with Crippen molar-refractivity contribution in [2.75, 3.05) is 18.8 Å². The number of nitrogens with two attached hydrogens (primary N) is 1. The van der Waals surface area contributed by atoms with E-state index >= 15 is 0 Å². The number of hydrazine groups is 1. The highest BCUT2D eigenvalue weighted by molar-refractivity contribution is 7.13. The summed E-state index contributed by atoms with van der Waals surface area (Å²) in [7, 11) is 0. The van der Waals surface area contributed by atoms with Gasteiger partial charge in [0.2, 0.25) is 0 Å². The largest absolute Gasteiger partial charge is 0.375 e. The fourth-order valence-electron chi connectivity index (χ4n) is 1.60. The molecule has 15 heavy (non-hydrogen) atoms. The normalized spacial score (nSPS) is 17.6. The van der Waals surface area contributed by atoms with Crippen molar-refractivity contribution < 1.29 is 4.79 Å². The Morgan fingerprint density at radius 2 is 2.20 bits per heavy atom. The van der Waals surface area contributed by atoms with Gasteiger partial charge in [-0.2, -0.15) is 0 Å². The Bertz CT molecular complexity index is 346. The molecule has 0 unspecified atom stereocenters. The van der Waals surface area contributed by atoms with E-state index in [0.717, 1.165) is 25.9 Å². The maximum Gasteiger partial charge on any atom is 0.285 e. The number of anilines is 1. The standard InChI is InChI=1S/C9H14N4OS/c10-9-11-7(6-15-9)8(14)12-13-4-2-1-3-5-13/h6H,1-5H2,(H2,10,11)(H,12,14). The van der Waals surface area contributed by atoms with Crippen LogP contribution in [0.15, 0.2) is 5.38 Å². The minimum absolute atomic E-state index is 0.162. The summed E-state index contributed by atoms with van der Waals surface area (Å²) in [6, 6.07) is 0. The average molecular weight is 226 g/mol. The van der Waals surface area contributed by atoms with Crippen LogP contribution in [0.1, 0.15) is 29.8 Å². The summed E-state index contributed by atoms with van der Waals surface area (Å²) >= 11 is 1.28. The van der Waals surface area contributed by atoms with Gasteiger partial charge in [0, 0.05) is 18.5 Å². The van der Waals surface area contributed by atoms with Crippen molar-refractivity contribution in [2.24, 2.45) is 0 Å². The highest BCUT2D eigenvalue weighted by atomic mass is 32.1. The third-order valence-corrected chi connectivity index (χ3v) is 3.04. The van der Waals surface area contributed by atoms with Crippen LogP contribution in [0.2, 0.25) is 0 Å². The summed E-state index contributed by atoms with van der Waals surface area (Å²) in [5, 5.41) is 4.05. The number of nitrogens with zero attached hydrogens (tertiary/aromatic N) is 2. The van der Waals surface area contributed by atoms with Gasteiger partial charge in [0.25, 0.3) is 5.91 Å². The van der Waals surface area contributed by atoms with Gasteiger partial charge in [-0.1, -0.05) is 6.42 Å². The summed E-state index contributed by atoms with van der Waals surface area (Å²) in [5.41, 5.74) is 8.70. The molecule has 0 radical (unpaired) electrons. The van der Waals surface area contributed by atoms with E-state index in [-0.39, 0.29) is 5.91 Å².